The minimum absolute atomic E-state index is 0.122. The quantitative estimate of drug-likeness (QED) is 0.645. The third-order valence-corrected chi connectivity index (χ3v) is 2.75. The van der Waals surface area contributed by atoms with Crippen LogP contribution in [0.2, 0.25) is 0 Å². The summed E-state index contributed by atoms with van der Waals surface area (Å²) in [5.74, 6) is -2.13. The Balaban J connectivity index is 2.49. The first-order valence-corrected chi connectivity index (χ1v) is 6.03. The summed E-state index contributed by atoms with van der Waals surface area (Å²) >= 11 is 2.89. The normalized spacial score (nSPS) is 11.4. The average molecular weight is 351 g/mol. The van der Waals surface area contributed by atoms with Gasteiger partial charge in [-0.3, -0.25) is 0 Å². The third-order valence-electron chi connectivity index (χ3n) is 2.32. The number of ether oxygens (including phenoxy) is 1. The van der Waals surface area contributed by atoms with Gasteiger partial charge in [0, 0.05) is 10.7 Å². The molecular formula is C12H7BrF4N2O. The van der Waals surface area contributed by atoms with Gasteiger partial charge < -0.3 is 10.5 Å². The zero-order valence-electron chi connectivity index (χ0n) is 9.71. The molecule has 2 aromatic rings. The number of halogens is 5. The monoisotopic (exact) mass is 350 g/mol. The zero-order valence-corrected chi connectivity index (χ0v) is 11.3. The Morgan fingerprint density at radius 1 is 1.25 bits per heavy atom. The zero-order chi connectivity index (χ0) is 14.9. The largest absolute Gasteiger partial charge is 0.433 e. The van der Waals surface area contributed by atoms with E-state index in [1.54, 1.807) is 0 Å². The molecule has 0 radical (unpaired) electrons. The number of rotatable bonds is 2. The van der Waals surface area contributed by atoms with E-state index in [1.807, 2.05) is 0 Å². The lowest BCUT2D eigenvalue weighted by Gasteiger charge is -2.14. The number of aromatic nitrogens is 1. The van der Waals surface area contributed by atoms with Crippen molar-refractivity contribution in [2.45, 2.75) is 6.18 Å². The Kier molecular flexibility index (Phi) is 3.85. The van der Waals surface area contributed by atoms with Crippen LogP contribution in [-0.4, -0.2) is 4.98 Å². The van der Waals surface area contributed by atoms with Gasteiger partial charge in [0.1, 0.15) is 5.56 Å². The van der Waals surface area contributed by atoms with Gasteiger partial charge in [0.2, 0.25) is 5.88 Å². The molecule has 0 fully saturated rings. The second-order valence-electron chi connectivity index (χ2n) is 3.76. The van der Waals surface area contributed by atoms with Crippen LogP contribution >= 0.6 is 15.9 Å². The predicted molar refractivity (Wildman–Crippen MR) is 67.8 cm³/mol. The predicted octanol–water partition coefficient (Wildman–Crippen LogP) is 4.38. The molecular weight excluding hydrogens is 344 g/mol. The van der Waals surface area contributed by atoms with Crippen LogP contribution in [0.25, 0.3) is 0 Å². The molecule has 0 amide bonds. The minimum atomic E-state index is -4.69. The summed E-state index contributed by atoms with van der Waals surface area (Å²) in [5.41, 5.74) is 4.22. The first-order valence-electron chi connectivity index (χ1n) is 5.23. The number of hydrogen-bond acceptors (Lipinski definition) is 3. The van der Waals surface area contributed by atoms with E-state index in [1.165, 1.54) is 12.1 Å². The van der Waals surface area contributed by atoms with Crippen molar-refractivity contribution in [2.24, 2.45) is 0 Å². The van der Waals surface area contributed by atoms with Gasteiger partial charge in [0.15, 0.2) is 11.6 Å². The molecule has 1 aromatic heterocycles. The number of benzene rings is 1. The van der Waals surface area contributed by atoms with Crippen LogP contribution in [0, 0.1) is 5.82 Å². The van der Waals surface area contributed by atoms with Gasteiger partial charge in [0.25, 0.3) is 0 Å². The fraction of sp³-hybridized carbons (Fsp3) is 0.0833. The summed E-state index contributed by atoms with van der Waals surface area (Å²) in [4.78, 5) is 3.51. The van der Waals surface area contributed by atoms with E-state index in [0.29, 0.717) is 0 Å². The van der Waals surface area contributed by atoms with Crippen molar-refractivity contribution in [3.63, 3.8) is 0 Å². The van der Waals surface area contributed by atoms with Crippen LogP contribution < -0.4 is 10.5 Å². The highest BCUT2D eigenvalue weighted by Gasteiger charge is 2.36. The summed E-state index contributed by atoms with van der Waals surface area (Å²) < 4.78 is 57.1. The molecule has 0 atom stereocenters. The standard InChI is InChI=1S/C12H7BrF4N2O/c13-6-4-7(12(15,16)17)11(19-5-6)20-10-8(14)2-1-3-9(10)18/h1-5H,18H2. The lowest BCUT2D eigenvalue weighted by atomic mass is 10.2. The van der Waals surface area contributed by atoms with E-state index in [9.17, 15) is 17.6 Å². The number of nitrogens with two attached hydrogens (primary N) is 1. The van der Waals surface area contributed by atoms with E-state index in [-0.39, 0.29) is 10.2 Å². The molecule has 2 rings (SSSR count). The fourth-order valence-corrected chi connectivity index (χ4v) is 1.77. The highest BCUT2D eigenvalue weighted by Crippen LogP contribution is 2.39. The van der Waals surface area contributed by atoms with Crippen molar-refractivity contribution >= 4 is 21.6 Å². The number of anilines is 1. The van der Waals surface area contributed by atoms with E-state index in [4.69, 9.17) is 10.5 Å². The molecule has 3 nitrogen and oxygen atoms in total. The first-order chi connectivity index (χ1) is 9.29. The van der Waals surface area contributed by atoms with Crippen molar-refractivity contribution in [1.29, 1.82) is 0 Å². The third kappa shape index (κ3) is 3.01. The highest BCUT2D eigenvalue weighted by molar-refractivity contribution is 9.10. The number of nitrogens with zero attached hydrogens (tertiary/aromatic N) is 1. The average Bonchev–Trinajstić information content (AvgIpc) is 2.34. The van der Waals surface area contributed by atoms with Gasteiger partial charge in [-0.05, 0) is 34.1 Å². The van der Waals surface area contributed by atoms with Crippen molar-refractivity contribution in [2.75, 3.05) is 5.73 Å². The SMILES string of the molecule is Nc1cccc(F)c1Oc1ncc(Br)cc1C(F)(F)F. The number of para-hydroxylation sites is 1. The molecule has 106 valence electrons. The van der Waals surface area contributed by atoms with Crippen LogP contribution in [0.1, 0.15) is 5.56 Å². The second-order valence-corrected chi connectivity index (χ2v) is 4.68. The maximum absolute atomic E-state index is 13.5. The smallest absolute Gasteiger partial charge is 0.421 e. The summed E-state index contributed by atoms with van der Waals surface area (Å²) in [6, 6.07) is 4.44. The molecule has 20 heavy (non-hydrogen) atoms. The Morgan fingerprint density at radius 2 is 1.95 bits per heavy atom. The molecule has 0 aliphatic heterocycles. The molecule has 0 unspecified atom stereocenters. The summed E-state index contributed by atoms with van der Waals surface area (Å²) in [5, 5.41) is 0. The van der Waals surface area contributed by atoms with Gasteiger partial charge in [-0.25, -0.2) is 9.37 Å². The van der Waals surface area contributed by atoms with Crippen molar-refractivity contribution in [1.82, 2.24) is 4.98 Å². The fourth-order valence-electron chi connectivity index (χ4n) is 1.44. The minimum Gasteiger partial charge on any atom is -0.433 e. The molecule has 0 saturated heterocycles. The second kappa shape index (κ2) is 5.28. The molecule has 1 heterocycles. The van der Waals surface area contributed by atoms with E-state index in [0.717, 1.165) is 18.3 Å². The van der Waals surface area contributed by atoms with Crippen molar-refractivity contribution in [3.05, 3.63) is 46.3 Å². The highest BCUT2D eigenvalue weighted by atomic mass is 79.9. The van der Waals surface area contributed by atoms with Crippen LogP contribution in [0.4, 0.5) is 23.2 Å². The Bertz CT molecular complexity index is 626. The van der Waals surface area contributed by atoms with Crippen LogP contribution in [0.5, 0.6) is 11.6 Å². The number of alkyl halides is 3. The van der Waals surface area contributed by atoms with Gasteiger partial charge in [-0.15, -0.1) is 0 Å². The molecule has 8 heteroatoms. The molecule has 0 saturated carbocycles. The van der Waals surface area contributed by atoms with Crippen LogP contribution in [0.15, 0.2) is 34.9 Å². The maximum atomic E-state index is 13.5. The molecule has 0 spiro atoms. The maximum Gasteiger partial charge on any atom is 0.421 e. The van der Waals surface area contributed by atoms with E-state index in [2.05, 4.69) is 20.9 Å². The molecule has 2 N–H and O–H groups in total. The van der Waals surface area contributed by atoms with Crippen molar-refractivity contribution in [3.8, 4) is 11.6 Å². The van der Waals surface area contributed by atoms with E-state index < -0.39 is 29.2 Å². The summed E-state index contributed by atoms with van der Waals surface area (Å²) in [6.45, 7) is 0. The Labute approximate surface area is 119 Å². The molecule has 1 aromatic carbocycles. The first kappa shape index (κ1) is 14.6. The van der Waals surface area contributed by atoms with Crippen LogP contribution in [0.3, 0.4) is 0 Å². The van der Waals surface area contributed by atoms with E-state index >= 15 is 0 Å². The molecule has 0 aliphatic carbocycles. The number of hydrogen-bond donors (Lipinski definition) is 1. The Morgan fingerprint density at radius 3 is 2.55 bits per heavy atom. The van der Waals surface area contributed by atoms with Crippen molar-refractivity contribution < 1.29 is 22.3 Å². The Hall–Kier alpha value is -1.83. The number of pyridine rings is 1. The lowest BCUT2D eigenvalue weighted by Crippen LogP contribution is -2.09. The van der Waals surface area contributed by atoms with Gasteiger partial charge in [-0.1, -0.05) is 6.07 Å². The lowest BCUT2D eigenvalue weighted by molar-refractivity contribution is -0.138. The molecule has 0 aliphatic rings. The van der Waals surface area contributed by atoms with Gasteiger partial charge in [0.05, 0.1) is 5.69 Å². The number of nitrogen functional groups attached to an aromatic ring is 1. The van der Waals surface area contributed by atoms with Crippen LogP contribution in [-0.2, 0) is 6.18 Å². The topological polar surface area (TPSA) is 48.1 Å². The summed E-state index contributed by atoms with van der Waals surface area (Å²) in [6.07, 6.45) is -3.58. The van der Waals surface area contributed by atoms with Gasteiger partial charge in [-0.2, -0.15) is 13.2 Å². The van der Waals surface area contributed by atoms with Gasteiger partial charge >= 0.3 is 6.18 Å². The molecule has 0 bridgehead atoms. The summed E-state index contributed by atoms with van der Waals surface area (Å²) in [7, 11) is 0.